The van der Waals surface area contributed by atoms with Gasteiger partial charge in [-0.05, 0) is 56.9 Å². The second kappa shape index (κ2) is 6.97. The number of aryl methyl sites for hydroxylation is 1. The summed E-state index contributed by atoms with van der Waals surface area (Å²) in [5.41, 5.74) is 3.68. The van der Waals surface area contributed by atoms with E-state index in [0.29, 0.717) is 34.1 Å². The number of ether oxygens (including phenoxy) is 1. The first-order valence-corrected chi connectivity index (χ1v) is 9.26. The Bertz CT molecular complexity index is 1110. The molecular weight excluding hydrogens is 354 g/mol. The predicted octanol–water partition coefficient (Wildman–Crippen LogP) is 3.11. The van der Waals surface area contributed by atoms with Gasteiger partial charge in [-0.25, -0.2) is 9.50 Å². The lowest BCUT2D eigenvalue weighted by Crippen LogP contribution is -2.34. The van der Waals surface area contributed by atoms with Crippen LogP contribution >= 0.6 is 0 Å². The summed E-state index contributed by atoms with van der Waals surface area (Å²) < 4.78 is 6.95. The first kappa shape index (κ1) is 18.0. The average molecular weight is 375 g/mol. The zero-order chi connectivity index (χ0) is 19.8. The summed E-state index contributed by atoms with van der Waals surface area (Å²) in [6.07, 6.45) is 3.88. The van der Waals surface area contributed by atoms with Crippen molar-refractivity contribution in [2.24, 2.45) is 5.92 Å². The summed E-state index contributed by atoms with van der Waals surface area (Å²) >= 11 is 0. The van der Waals surface area contributed by atoms with Crippen molar-refractivity contribution < 1.29 is 9.53 Å². The van der Waals surface area contributed by atoms with E-state index in [9.17, 15) is 10.1 Å². The molecule has 1 aromatic carbocycles. The lowest BCUT2D eigenvalue weighted by Gasteiger charge is -2.12. The minimum Gasteiger partial charge on any atom is -0.497 e. The summed E-state index contributed by atoms with van der Waals surface area (Å²) in [4.78, 5) is 17.4. The molecule has 7 nitrogen and oxygen atoms in total. The van der Waals surface area contributed by atoms with Crippen molar-refractivity contribution in [1.82, 2.24) is 19.9 Å². The van der Waals surface area contributed by atoms with Crippen LogP contribution in [0.3, 0.4) is 0 Å². The first-order chi connectivity index (χ1) is 13.5. The Morgan fingerprint density at radius 2 is 2.14 bits per heavy atom. The van der Waals surface area contributed by atoms with Gasteiger partial charge in [-0.1, -0.05) is 0 Å². The summed E-state index contributed by atoms with van der Waals surface area (Å²) in [5, 5.41) is 16.7. The fraction of sp³-hybridized carbons (Fsp3) is 0.333. The number of carbonyl (C=O) groups is 1. The van der Waals surface area contributed by atoms with Crippen LogP contribution in [0.2, 0.25) is 0 Å². The van der Waals surface area contributed by atoms with Gasteiger partial charge in [-0.15, -0.1) is 0 Å². The highest BCUT2D eigenvalue weighted by Gasteiger charge is 2.30. The van der Waals surface area contributed by atoms with Crippen LogP contribution in [-0.2, 0) is 0 Å². The van der Waals surface area contributed by atoms with Crippen LogP contribution in [0.25, 0.3) is 16.9 Å². The second-order valence-corrected chi connectivity index (χ2v) is 7.24. The molecule has 0 radical (unpaired) electrons. The number of carbonyl (C=O) groups excluding carboxylic acids is 1. The lowest BCUT2D eigenvalue weighted by molar-refractivity contribution is 0.0937. The van der Waals surface area contributed by atoms with Gasteiger partial charge in [0.2, 0.25) is 0 Å². The first-order valence-electron chi connectivity index (χ1n) is 9.26. The summed E-state index contributed by atoms with van der Waals surface area (Å²) in [5.74, 6) is 0.983. The highest BCUT2D eigenvalue weighted by molar-refractivity contribution is 6.00. The molecule has 1 aliphatic carbocycles. The van der Waals surface area contributed by atoms with Gasteiger partial charge in [-0.2, -0.15) is 10.4 Å². The molecule has 142 valence electrons. The maximum absolute atomic E-state index is 12.8. The zero-order valence-corrected chi connectivity index (χ0v) is 16.1. The molecule has 3 aromatic rings. The van der Waals surface area contributed by atoms with Crippen molar-refractivity contribution in [3.8, 4) is 23.1 Å². The number of aromatic nitrogens is 3. The number of amides is 1. The molecule has 7 heteroatoms. The molecule has 1 aliphatic rings. The number of hydrogen-bond donors (Lipinski definition) is 1. The number of benzene rings is 1. The van der Waals surface area contributed by atoms with Crippen LogP contribution in [0.1, 0.15) is 41.4 Å². The Hall–Kier alpha value is -3.40. The Morgan fingerprint density at radius 3 is 2.82 bits per heavy atom. The highest BCUT2D eigenvalue weighted by Crippen LogP contribution is 2.32. The van der Waals surface area contributed by atoms with Crippen molar-refractivity contribution in [2.45, 2.75) is 32.7 Å². The van der Waals surface area contributed by atoms with Gasteiger partial charge in [0.05, 0.1) is 30.6 Å². The van der Waals surface area contributed by atoms with Crippen molar-refractivity contribution in [1.29, 1.82) is 5.26 Å². The van der Waals surface area contributed by atoms with Crippen molar-refractivity contribution in [3.05, 3.63) is 47.3 Å². The van der Waals surface area contributed by atoms with E-state index in [1.807, 2.05) is 26.0 Å². The Labute approximate surface area is 163 Å². The molecule has 1 saturated carbocycles. The minimum absolute atomic E-state index is 0.142. The minimum atomic E-state index is -0.165. The maximum atomic E-state index is 12.8. The van der Waals surface area contributed by atoms with Crippen LogP contribution in [0.4, 0.5) is 0 Å². The maximum Gasteiger partial charge on any atom is 0.256 e. The van der Waals surface area contributed by atoms with E-state index >= 15 is 0 Å². The second-order valence-electron chi connectivity index (χ2n) is 7.24. The van der Waals surface area contributed by atoms with E-state index in [1.54, 1.807) is 30.0 Å². The molecule has 0 saturated heterocycles. The number of methoxy groups -OCH3 is 1. The number of fused-ring (bicyclic) bond motifs is 1. The molecule has 0 bridgehead atoms. The fourth-order valence-corrected chi connectivity index (χ4v) is 3.35. The van der Waals surface area contributed by atoms with E-state index in [4.69, 9.17) is 4.74 Å². The Morgan fingerprint density at radius 1 is 1.36 bits per heavy atom. The van der Waals surface area contributed by atoms with Crippen LogP contribution in [-0.4, -0.2) is 33.7 Å². The quantitative estimate of drug-likeness (QED) is 0.740. The van der Waals surface area contributed by atoms with Gasteiger partial charge in [-0.3, -0.25) is 4.79 Å². The van der Waals surface area contributed by atoms with Crippen LogP contribution < -0.4 is 10.1 Å². The standard InChI is InChI=1S/C21H21N5O2/c1-12-6-19(16-7-14(10-22)8-17(9-16)28-3)25-20-18(11-23-26(12)20)21(27)24-13(2)15-4-5-15/h6-9,11,13,15H,4-5H2,1-3H3,(H,24,27)/t13-/m0/s1. The Kier molecular flexibility index (Phi) is 4.47. The highest BCUT2D eigenvalue weighted by atomic mass is 16.5. The molecule has 1 N–H and O–H groups in total. The third-order valence-electron chi connectivity index (χ3n) is 5.15. The number of nitrogens with one attached hydrogen (secondary N) is 1. The fourth-order valence-electron chi connectivity index (χ4n) is 3.35. The average Bonchev–Trinajstić information content (AvgIpc) is 3.46. The van der Waals surface area contributed by atoms with Gasteiger partial charge in [0.15, 0.2) is 5.65 Å². The van der Waals surface area contributed by atoms with E-state index < -0.39 is 0 Å². The topological polar surface area (TPSA) is 92.3 Å². The monoisotopic (exact) mass is 375 g/mol. The van der Waals surface area contributed by atoms with Crippen LogP contribution in [0.5, 0.6) is 5.75 Å². The molecule has 1 atom stereocenters. The smallest absolute Gasteiger partial charge is 0.256 e. The predicted molar refractivity (Wildman–Crippen MR) is 104 cm³/mol. The largest absolute Gasteiger partial charge is 0.497 e. The zero-order valence-electron chi connectivity index (χ0n) is 16.1. The molecule has 0 unspecified atom stereocenters. The summed E-state index contributed by atoms with van der Waals surface area (Å²) in [6, 6.07) is 9.41. The third-order valence-corrected chi connectivity index (χ3v) is 5.15. The molecule has 1 fully saturated rings. The summed E-state index contributed by atoms with van der Waals surface area (Å²) in [7, 11) is 1.56. The number of rotatable bonds is 5. The number of hydrogen-bond acceptors (Lipinski definition) is 5. The van der Waals surface area contributed by atoms with Crippen molar-refractivity contribution in [2.75, 3.05) is 7.11 Å². The molecule has 0 aliphatic heterocycles. The lowest BCUT2D eigenvalue weighted by atomic mass is 10.1. The van der Waals surface area contributed by atoms with E-state index in [2.05, 4.69) is 21.5 Å². The normalized spacial score (nSPS) is 14.5. The van der Waals surface area contributed by atoms with E-state index in [1.165, 1.54) is 0 Å². The number of nitriles is 1. The SMILES string of the molecule is COc1cc(C#N)cc(-c2cc(C)n3ncc(C(=O)N[C@@H](C)C4CC4)c3n2)c1. The number of nitrogens with zero attached hydrogens (tertiary/aromatic N) is 4. The van der Waals surface area contributed by atoms with E-state index in [0.717, 1.165) is 24.1 Å². The summed E-state index contributed by atoms with van der Waals surface area (Å²) in [6.45, 7) is 3.94. The Balaban J connectivity index is 1.77. The van der Waals surface area contributed by atoms with Gasteiger partial charge in [0.25, 0.3) is 5.91 Å². The van der Waals surface area contributed by atoms with Gasteiger partial charge < -0.3 is 10.1 Å². The molecule has 2 heterocycles. The molecule has 4 rings (SSSR count). The van der Waals surface area contributed by atoms with Gasteiger partial charge in [0.1, 0.15) is 11.3 Å². The van der Waals surface area contributed by atoms with Gasteiger partial charge in [0, 0.05) is 17.3 Å². The van der Waals surface area contributed by atoms with E-state index in [-0.39, 0.29) is 11.9 Å². The molecular formula is C21H21N5O2. The molecule has 2 aromatic heterocycles. The molecule has 1 amide bonds. The third kappa shape index (κ3) is 3.29. The van der Waals surface area contributed by atoms with Crippen LogP contribution in [0.15, 0.2) is 30.5 Å². The van der Waals surface area contributed by atoms with Crippen LogP contribution in [0, 0.1) is 24.2 Å². The van der Waals surface area contributed by atoms with Crippen molar-refractivity contribution >= 4 is 11.6 Å². The van der Waals surface area contributed by atoms with Gasteiger partial charge >= 0.3 is 0 Å². The molecule has 0 spiro atoms. The molecule has 28 heavy (non-hydrogen) atoms. The van der Waals surface area contributed by atoms with Crippen molar-refractivity contribution in [3.63, 3.8) is 0 Å².